The van der Waals surface area contributed by atoms with Crippen molar-refractivity contribution in [2.75, 3.05) is 27.4 Å². The van der Waals surface area contributed by atoms with Gasteiger partial charge in [-0.1, -0.05) is 0 Å². The van der Waals surface area contributed by atoms with Crippen LogP contribution in [0.1, 0.15) is 11.1 Å². The van der Waals surface area contributed by atoms with Gasteiger partial charge in [0.05, 0.1) is 14.2 Å². The lowest BCUT2D eigenvalue weighted by Crippen LogP contribution is -2.05. The fraction of sp³-hybridized carbons (Fsp3) is 0.500. The zero-order valence-electron chi connectivity index (χ0n) is 9.69. The highest BCUT2D eigenvalue weighted by Crippen LogP contribution is 2.31. The monoisotopic (exact) mass is 226 g/mol. The summed E-state index contributed by atoms with van der Waals surface area (Å²) in [6.45, 7) is 0.0872. The highest BCUT2D eigenvalue weighted by molar-refractivity contribution is 5.49. The van der Waals surface area contributed by atoms with Crippen molar-refractivity contribution in [3.8, 4) is 11.5 Å². The van der Waals surface area contributed by atoms with E-state index in [1.807, 2.05) is 12.1 Å². The third kappa shape index (κ3) is 2.65. The minimum Gasteiger partial charge on any atom is -0.496 e. The largest absolute Gasteiger partial charge is 0.496 e. The topological polar surface area (TPSA) is 58.9 Å². The maximum Gasteiger partial charge on any atom is 0.122 e. The summed E-state index contributed by atoms with van der Waals surface area (Å²) in [5.41, 5.74) is 1.80. The van der Waals surface area contributed by atoms with E-state index in [9.17, 15) is 0 Å². The van der Waals surface area contributed by atoms with Gasteiger partial charge in [-0.2, -0.15) is 0 Å². The second-order valence-electron chi connectivity index (χ2n) is 3.37. The molecule has 0 unspecified atom stereocenters. The van der Waals surface area contributed by atoms with Crippen molar-refractivity contribution in [2.24, 2.45) is 0 Å². The van der Waals surface area contributed by atoms with E-state index in [4.69, 9.17) is 19.7 Å². The van der Waals surface area contributed by atoms with Crippen LogP contribution >= 0.6 is 0 Å². The lowest BCUT2D eigenvalue weighted by atomic mass is 10.00. The Morgan fingerprint density at radius 2 is 1.25 bits per heavy atom. The Kier molecular flexibility index (Phi) is 5.08. The smallest absolute Gasteiger partial charge is 0.122 e. The van der Waals surface area contributed by atoms with Crippen LogP contribution in [0.4, 0.5) is 0 Å². The molecule has 1 rings (SSSR count). The third-order valence-corrected chi connectivity index (χ3v) is 2.51. The summed E-state index contributed by atoms with van der Waals surface area (Å²) in [7, 11) is 3.18. The maximum absolute atomic E-state index is 9.04. The first-order chi connectivity index (χ1) is 7.78. The molecule has 0 spiro atoms. The van der Waals surface area contributed by atoms with E-state index in [2.05, 4.69) is 0 Å². The molecule has 1 aromatic carbocycles. The molecule has 0 atom stereocenters. The van der Waals surface area contributed by atoms with Crippen molar-refractivity contribution < 1.29 is 19.7 Å². The molecule has 0 aromatic heterocycles. The molecule has 0 aliphatic rings. The lowest BCUT2D eigenvalue weighted by Gasteiger charge is -2.16. The van der Waals surface area contributed by atoms with E-state index >= 15 is 0 Å². The van der Waals surface area contributed by atoms with Gasteiger partial charge in [0.1, 0.15) is 11.5 Å². The predicted molar refractivity (Wildman–Crippen MR) is 61.1 cm³/mol. The molecule has 0 fully saturated rings. The molecule has 4 nitrogen and oxygen atoms in total. The van der Waals surface area contributed by atoms with Gasteiger partial charge in [0.25, 0.3) is 0 Å². The van der Waals surface area contributed by atoms with Crippen molar-refractivity contribution in [3.63, 3.8) is 0 Å². The van der Waals surface area contributed by atoms with E-state index in [0.29, 0.717) is 12.8 Å². The maximum atomic E-state index is 9.04. The quantitative estimate of drug-likeness (QED) is 0.752. The van der Waals surface area contributed by atoms with Gasteiger partial charge >= 0.3 is 0 Å². The Bertz CT molecular complexity index is 303. The Morgan fingerprint density at radius 3 is 1.50 bits per heavy atom. The standard InChI is InChI=1S/C12H18O4/c1-15-11-3-4-12(16-2)10(6-8-14)9(11)5-7-13/h3-4,13-14H,5-8H2,1-2H3. The van der Waals surface area contributed by atoms with E-state index in [-0.39, 0.29) is 13.2 Å². The number of ether oxygens (including phenoxy) is 2. The van der Waals surface area contributed by atoms with Gasteiger partial charge in [0, 0.05) is 24.3 Å². The first-order valence-electron chi connectivity index (χ1n) is 5.22. The van der Waals surface area contributed by atoms with E-state index in [1.165, 1.54) is 0 Å². The summed E-state index contributed by atoms with van der Waals surface area (Å²) in [5, 5.41) is 18.1. The second kappa shape index (κ2) is 6.35. The molecular weight excluding hydrogens is 208 g/mol. The summed E-state index contributed by atoms with van der Waals surface area (Å²) in [4.78, 5) is 0. The van der Waals surface area contributed by atoms with Gasteiger partial charge in [-0.05, 0) is 25.0 Å². The molecule has 0 radical (unpaired) electrons. The molecule has 0 aliphatic carbocycles. The van der Waals surface area contributed by atoms with Crippen LogP contribution in [0.5, 0.6) is 11.5 Å². The molecule has 4 heteroatoms. The number of aliphatic hydroxyl groups excluding tert-OH is 2. The summed E-state index contributed by atoms with van der Waals surface area (Å²) in [6, 6.07) is 3.62. The number of hydrogen-bond acceptors (Lipinski definition) is 4. The molecule has 0 bridgehead atoms. The number of hydrogen-bond donors (Lipinski definition) is 2. The van der Waals surface area contributed by atoms with Crippen LogP contribution in [0.25, 0.3) is 0 Å². The van der Waals surface area contributed by atoms with Crippen molar-refractivity contribution in [1.29, 1.82) is 0 Å². The molecule has 0 saturated carbocycles. The molecule has 0 aliphatic heterocycles. The molecule has 90 valence electrons. The van der Waals surface area contributed by atoms with Gasteiger partial charge in [-0.25, -0.2) is 0 Å². The van der Waals surface area contributed by atoms with Crippen LogP contribution in [-0.2, 0) is 12.8 Å². The zero-order valence-corrected chi connectivity index (χ0v) is 9.69. The summed E-state index contributed by atoms with van der Waals surface area (Å²) < 4.78 is 10.5. The Labute approximate surface area is 95.4 Å². The molecule has 1 aromatic rings. The number of aliphatic hydroxyl groups is 2. The first-order valence-corrected chi connectivity index (χ1v) is 5.22. The van der Waals surface area contributed by atoms with Crippen LogP contribution in [-0.4, -0.2) is 37.6 Å². The van der Waals surface area contributed by atoms with Gasteiger partial charge < -0.3 is 19.7 Å². The Balaban J connectivity index is 3.22. The lowest BCUT2D eigenvalue weighted by molar-refractivity contribution is 0.288. The number of benzene rings is 1. The zero-order chi connectivity index (χ0) is 12.0. The van der Waals surface area contributed by atoms with Crippen LogP contribution in [0.3, 0.4) is 0 Å². The number of rotatable bonds is 6. The fourth-order valence-corrected chi connectivity index (χ4v) is 1.80. The molecular formula is C12H18O4. The fourth-order valence-electron chi connectivity index (χ4n) is 1.80. The minimum absolute atomic E-state index is 0.0436. The van der Waals surface area contributed by atoms with Crippen molar-refractivity contribution in [2.45, 2.75) is 12.8 Å². The average molecular weight is 226 g/mol. The third-order valence-electron chi connectivity index (χ3n) is 2.51. The molecule has 16 heavy (non-hydrogen) atoms. The van der Waals surface area contributed by atoms with E-state index in [1.54, 1.807) is 14.2 Å². The Morgan fingerprint density at radius 1 is 0.875 bits per heavy atom. The summed E-state index contributed by atoms with van der Waals surface area (Å²) in [6.07, 6.45) is 0.991. The molecule has 0 saturated heterocycles. The highest BCUT2D eigenvalue weighted by atomic mass is 16.5. The van der Waals surface area contributed by atoms with Gasteiger partial charge in [0.2, 0.25) is 0 Å². The first kappa shape index (κ1) is 12.8. The van der Waals surface area contributed by atoms with Crippen LogP contribution in [0, 0.1) is 0 Å². The van der Waals surface area contributed by atoms with Crippen molar-refractivity contribution in [3.05, 3.63) is 23.3 Å². The van der Waals surface area contributed by atoms with Crippen molar-refractivity contribution >= 4 is 0 Å². The Hall–Kier alpha value is -1.26. The SMILES string of the molecule is COc1ccc(OC)c(CCO)c1CCO. The summed E-state index contributed by atoms with van der Waals surface area (Å²) >= 11 is 0. The minimum atomic E-state index is 0.0436. The van der Waals surface area contributed by atoms with Gasteiger partial charge in [-0.3, -0.25) is 0 Å². The molecule has 2 N–H and O–H groups in total. The van der Waals surface area contributed by atoms with Gasteiger partial charge in [-0.15, -0.1) is 0 Å². The normalized spacial score (nSPS) is 10.2. The van der Waals surface area contributed by atoms with Crippen molar-refractivity contribution in [1.82, 2.24) is 0 Å². The van der Waals surface area contributed by atoms with E-state index in [0.717, 1.165) is 22.6 Å². The number of methoxy groups -OCH3 is 2. The predicted octanol–water partition coefficient (Wildman–Crippen LogP) is 0.773. The average Bonchev–Trinajstić information content (AvgIpc) is 2.31. The van der Waals surface area contributed by atoms with E-state index < -0.39 is 0 Å². The molecule has 0 amide bonds. The van der Waals surface area contributed by atoms with Crippen LogP contribution < -0.4 is 9.47 Å². The summed E-state index contributed by atoms with van der Waals surface area (Å²) in [5.74, 6) is 1.44. The van der Waals surface area contributed by atoms with Crippen LogP contribution in [0.2, 0.25) is 0 Å². The highest BCUT2D eigenvalue weighted by Gasteiger charge is 2.13. The van der Waals surface area contributed by atoms with Gasteiger partial charge in [0.15, 0.2) is 0 Å². The van der Waals surface area contributed by atoms with Crippen LogP contribution in [0.15, 0.2) is 12.1 Å². The molecule has 0 heterocycles. The second-order valence-corrected chi connectivity index (χ2v) is 3.37.